The van der Waals surface area contributed by atoms with Crippen molar-refractivity contribution in [3.05, 3.63) is 161 Å². The molecule has 52 heavy (non-hydrogen) atoms. The zero-order valence-electron chi connectivity index (χ0n) is 28.8. The fraction of sp³-hybridized carbons (Fsp3) is 0.186. The first kappa shape index (κ1) is 34.4. The number of allylic oxidation sites excluding steroid dienone is 5. The van der Waals surface area contributed by atoms with Gasteiger partial charge in [-0.05, 0) is 66.4 Å². The van der Waals surface area contributed by atoms with Crippen LogP contribution in [0.15, 0.2) is 127 Å². The van der Waals surface area contributed by atoms with Gasteiger partial charge in [0.05, 0.1) is 12.2 Å². The Morgan fingerprint density at radius 2 is 1.56 bits per heavy atom. The second-order valence-electron chi connectivity index (χ2n) is 13.1. The highest BCUT2D eigenvalue weighted by Gasteiger charge is 2.52. The maximum absolute atomic E-state index is 16.1. The van der Waals surface area contributed by atoms with Gasteiger partial charge in [-0.1, -0.05) is 97.2 Å². The monoisotopic (exact) mass is 692 g/mol. The van der Waals surface area contributed by atoms with E-state index in [-0.39, 0.29) is 24.7 Å². The molecular weight excluding hydrogens is 653 g/mol. The Hall–Kier alpha value is -6.01. The number of halogens is 2. The summed E-state index contributed by atoms with van der Waals surface area (Å²) >= 11 is 0. The maximum Gasteiger partial charge on any atom is 0.737 e. The van der Waals surface area contributed by atoms with Gasteiger partial charge >= 0.3 is 6.97 Å². The average Bonchev–Trinajstić information content (AvgIpc) is 3.77. The normalized spacial score (nSPS) is 15.3. The third kappa shape index (κ3) is 7.52. The number of fused-ring (bicyclic) bond motifs is 4. The van der Waals surface area contributed by atoms with Crippen LogP contribution in [0, 0.1) is 11.8 Å². The zero-order valence-corrected chi connectivity index (χ0v) is 28.8. The average molecular weight is 693 g/mol. The number of anilines is 1. The molecule has 1 N–H and O–H groups in total. The second kappa shape index (κ2) is 15.5. The van der Waals surface area contributed by atoms with E-state index in [4.69, 9.17) is 0 Å². The molecule has 0 bridgehead atoms. The van der Waals surface area contributed by atoms with Gasteiger partial charge in [0.1, 0.15) is 0 Å². The number of hydrogen-bond donors (Lipinski definition) is 1. The Morgan fingerprint density at radius 3 is 2.42 bits per heavy atom. The molecule has 0 fully saturated rings. The largest absolute Gasteiger partial charge is 0.737 e. The predicted molar refractivity (Wildman–Crippen MR) is 205 cm³/mol. The number of nitrogens with zero attached hydrogens (tertiary/aromatic N) is 3. The minimum Gasteiger partial charge on any atom is -0.394 e. The summed E-state index contributed by atoms with van der Waals surface area (Å²) in [5.74, 6) is 6.32. The van der Waals surface area contributed by atoms with Crippen molar-refractivity contribution in [1.29, 1.82) is 0 Å². The van der Waals surface area contributed by atoms with Gasteiger partial charge in [0.15, 0.2) is 11.4 Å². The lowest BCUT2D eigenvalue weighted by Crippen LogP contribution is -2.50. The molecular formula is C43H39BF2N4O2. The van der Waals surface area contributed by atoms with E-state index in [0.29, 0.717) is 55.1 Å². The molecule has 260 valence electrons. The lowest BCUT2D eigenvalue weighted by molar-refractivity contribution is -0.360. The summed E-state index contributed by atoms with van der Waals surface area (Å²) < 4.78 is 34.4. The van der Waals surface area contributed by atoms with Gasteiger partial charge in [0.2, 0.25) is 11.8 Å². The molecule has 6 nitrogen and oxygen atoms in total. The SMILES string of the molecule is O=C(CCc1ccc2n1[B-](F)(F)[N+]1=C(/C=C/C=C/c3ccccc3)C=CC1=C2)NCCCCCC(=O)N1Cc2ccccc2C#Cc2ccccc21. The number of aromatic nitrogens is 1. The number of unbranched alkanes of at least 4 members (excludes halogenated alkanes) is 2. The van der Waals surface area contributed by atoms with Crippen LogP contribution >= 0.6 is 0 Å². The van der Waals surface area contributed by atoms with Crippen LogP contribution in [0.3, 0.4) is 0 Å². The van der Waals surface area contributed by atoms with Gasteiger partial charge in [0.25, 0.3) is 0 Å². The van der Waals surface area contributed by atoms with Gasteiger partial charge in [-0.25, -0.2) is 0 Å². The number of amides is 2. The molecule has 3 aliphatic heterocycles. The highest BCUT2D eigenvalue weighted by molar-refractivity contribution is 6.58. The van der Waals surface area contributed by atoms with Crippen molar-refractivity contribution in [2.24, 2.45) is 0 Å². The number of benzene rings is 3. The molecule has 2 amide bonds. The Bertz CT molecular complexity index is 2220. The van der Waals surface area contributed by atoms with Crippen LogP contribution in [0.4, 0.5) is 14.3 Å². The summed E-state index contributed by atoms with van der Waals surface area (Å²) in [6, 6.07) is 28.8. The number of nitrogens with one attached hydrogen (secondary N) is 1. The van der Waals surface area contributed by atoms with Crippen LogP contribution in [0.1, 0.15) is 65.7 Å². The molecule has 0 aliphatic carbocycles. The quantitative estimate of drug-likeness (QED) is 0.0711. The number of aryl methyl sites for hydroxylation is 1. The minimum absolute atomic E-state index is 0.0382. The van der Waals surface area contributed by atoms with Crippen LogP contribution in [-0.2, 0) is 22.6 Å². The summed E-state index contributed by atoms with van der Waals surface area (Å²) in [6.45, 7) is -3.24. The number of carbonyl (C=O) groups excluding carboxylic acids is 2. The Balaban J connectivity index is 0.890. The number of rotatable bonds is 12. The Kier molecular flexibility index (Phi) is 10.3. The van der Waals surface area contributed by atoms with Gasteiger partial charge in [-0.15, -0.1) is 0 Å². The molecule has 0 radical (unpaired) electrons. The maximum atomic E-state index is 16.1. The number of para-hydroxylation sites is 1. The lowest BCUT2D eigenvalue weighted by Gasteiger charge is -2.30. The van der Waals surface area contributed by atoms with Gasteiger partial charge in [0, 0.05) is 60.5 Å². The Labute approximate surface area is 303 Å². The number of hydrogen-bond acceptors (Lipinski definition) is 2. The van der Waals surface area contributed by atoms with E-state index in [0.717, 1.165) is 43.3 Å². The van der Waals surface area contributed by atoms with Crippen LogP contribution < -0.4 is 10.2 Å². The first-order valence-electron chi connectivity index (χ1n) is 17.8. The zero-order chi connectivity index (χ0) is 35.9. The van der Waals surface area contributed by atoms with E-state index in [1.165, 1.54) is 0 Å². The van der Waals surface area contributed by atoms with Crippen LogP contribution in [0.5, 0.6) is 0 Å². The van der Waals surface area contributed by atoms with Crippen molar-refractivity contribution >= 4 is 42.3 Å². The fourth-order valence-electron chi connectivity index (χ4n) is 6.93. The second-order valence-corrected chi connectivity index (χ2v) is 13.1. The molecule has 3 aromatic carbocycles. The van der Waals surface area contributed by atoms with Crippen molar-refractivity contribution in [2.45, 2.75) is 45.1 Å². The molecule has 0 saturated heterocycles. The molecule has 0 unspecified atom stereocenters. The van der Waals surface area contributed by atoms with Crippen molar-refractivity contribution in [3.8, 4) is 11.8 Å². The molecule has 4 aromatic rings. The summed E-state index contributed by atoms with van der Waals surface area (Å²) in [5, 5.41) is 2.93. The number of carbonyl (C=O) groups is 2. The van der Waals surface area contributed by atoms with Crippen LogP contribution in [0.2, 0.25) is 0 Å². The van der Waals surface area contributed by atoms with E-state index in [2.05, 4.69) is 17.2 Å². The molecule has 9 heteroatoms. The van der Waals surface area contributed by atoms with E-state index in [1.54, 1.807) is 42.5 Å². The fourth-order valence-corrected chi connectivity index (χ4v) is 6.93. The van der Waals surface area contributed by atoms with Crippen molar-refractivity contribution in [2.75, 3.05) is 11.4 Å². The molecule has 4 heterocycles. The first-order chi connectivity index (χ1) is 25.4. The molecule has 1 aromatic heterocycles. The van der Waals surface area contributed by atoms with Crippen molar-refractivity contribution in [1.82, 2.24) is 9.79 Å². The molecule has 0 spiro atoms. The smallest absolute Gasteiger partial charge is 0.394 e. The van der Waals surface area contributed by atoms with Crippen molar-refractivity contribution < 1.29 is 22.7 Å². The van der Waals surface area contributed by atoms with Crippen molar-refractivity contribution in [3.63, 3.8) is 0 Å². The standard InChI is InChI=1S/C43H39BF2N4O2/c45-44(46)49-37(19-10-6-15-33-13-3-1-4-14-33)24-26-39(49)31-40-27-25-38(50(40)44)28-29-42(51)47-30-12-2-5-21-43(52)48-32-36-18-8-7-16-34(36)22-23-35-17-9-11-20-41(35)48/h1,3-4,6-11,13-20,24-27,31H,2,5,12,21,28-30,32H2,(H,47,51)/b15-6+,19-10+. The topological polar surface area (TPSA) is 57.4 Å². The summed E-state index contributed by atoms with van der Waals surface area (Å²) in [5.41, 5.74) is 6.32. The van der Waals surface area contributed by atoms with Gasteiger partial charge in [-0.3, -0.25) is 9.59 Å². The third-order valence-electron chi connectivity index (χ3n) is 9.57. The summed E-state index contributed by atoms with van der Waals surface area (Å²) in [7, 11) is 0. The van der Waals surface area contributed by atoms with Crippen LogP contribution in [-0.4, -0.2) is 40.0 Å². The van der Waals surface area contributed by atoms with E-state index in [9.17, 15) is 9.59 Å². The van der Waals surface area contributed by atoms with E-state index in [1.807, 2.05) is 95.9 Å². The first-order valence-corrected chi connectivity index (χ1v) is 17.8. The highest BCUT2D eigenvalue weighted by Crippen LogP contribution is 2.33. The summed E-state index contributed by atoms with van der Waals surface area (Å²) in [6.07, 6.45) is 15.2. The highest BCUT2D eigenvalue weighted by atomic mass is 19.2. The van der Waals surface area contributed by atoms with Gasteiger partial charge in [-0.2, -0.15) is 0 Å². The Morgan fingerprint density at radius 1 is 0.808 bits per heavy atom. The molecule has 3 aliphatic rings. The predicted octanol–water partition coefficient (Wildman–Crippen LogP) is 7.91. The third-order valence-corrected chi connectivity index (χ3v) is 9.57. The molecule has 7 rings (SSSR count). The van der Waals surface area contributed by atoms with E-state index < -0.39 is 6.97 Å². The molecule has 0 atom stereocenters. The van der Waals surface area contributed by atoms with E-state index >= 15 is 8.63 Å². The summed E-state index contributed by atoms with van der Waals surface area (Å²) in [4.78, 5) is 28.0. The minimum atomic E-state index is -4.16. The lowest BCUT2D eigenvalue weighted by atomic mass is 9.90. The van der Waals surface area contributed by atoms with Crippen LogP contribution in [0.25, 0.3) is 12.2 Å². The molecule has 0 saturated carbocycles. The van der Waals surface area contributed by atoms with Gasteiger partial charge < -0.3 is 27.8 Å².